The van der Waals surface area contributed by atoms with Crippen LogP contribution in [0.25, 0.3) is 0 Å². The highest BCUT2D eigenvalue weighted by Gasteiger charge is 2.25. The zero-order valence-corrected chi connectivity index (χ0v) is 9.81. The van der Waals surface area contributed by atoms with E-state index in [1.807, 2.05) is 0 Å². The molecule has 0 aliphatic carbocycles. The average Bonchev–Trinajstić information content (AvgIpc) is 2.25. The summed E-state index contributed by atoms with van der Waals surface area (Å²) in [4.78, 5) is 11.7. The lowest BCUT2D eigenvalue weighted by Gasteiger charge is -2.21. The zero-order chi connectivity index (χ0) is 13.2. The minimum absolute atomic E-state index is 0.120. The number of Topliss-reactive ketones (excluding diaryl/α,β-unsaturated/α-hetero) is 1. The molecule has 0 aliphatic heterocycles. The second-order valence-corrected chi connectivity index (χ2v) is 4.29. The summed E-state index contributed by atoms with van der Waals surface area (Å²) in [6.45, 7) is 3.28. The molecule has 0 aliphatic rings. The predicted molar refractivity (Wildman–Crippen MR) is 56.4 cm³/mol. The molecule has 1 rings (SSSR count). The molecule has 5 heteroatoms. The quantitative estimate of drug-likeness (QED) is 0.602. The molecule has 0 unspecified atom stereocenters. The van der Waals surface area contributed by atoms with Crippen molar-refractivity contribution in [2.75, 3.05) is 7.11 Å². The highest BCUT2D eigenvalue weighted by atomic mass is 19.2. The Labute approximate surface area is 97.4 Å². The van der Waals surface area contributed by atoms with E-state index in [2.05, 4.69) is 0 Å². The van der Waals surface area contributed by atoms with Crippen LogP contribution in [-0.2, 0) is 4.74 Å². The van der Waals surface area contributed by atoms with Crippen molar-refractivity contribution in [3.8, 4) is 0 Å². The van der Waals surface area contributed by atoms with Gasteiger partial charge in [0, 0.05) is 13.5 Å². The van der Waals surface area contributed by atoms with Crippen LogP contribution < -0.4 is 0 Å². The number of hydrogen-bond acceptors (Lipinski definition) is 2. The first kappa shape index (κ1) is 13.7. The number of halogens is 3. The molecule has 0 aromatic heterocycles. The van der Waals surface area contributed by atoms with Gasteiger partial charge in [0.1, 0.15) is 0 Å². The van der Waals surface area contributed by atoms with E-state index in [-0.39, 0.29) is 6.42 Å². The molecule has 17 heavy (non-hydrogen) atoms. The molecule has 0 fully saturated rings. The predicted octanol–water partition coefficient (Wildman–Crippen LogP) is 3.10. The number of benzene rings is 1. The Morgan fingerprint density at radius 2 is 1.82 bits per heavy atom. The van der Waals surface area contributed by atoms with Gasteiger partial charge in [0.15, 0.2) is 23.2 Å². The SMILES string of the molecule is COC(C)(C)CC(=O)c1ccc(F)c(F)c1F. The maximum absolute atomic E-state index is 13.3. The first-order valence-corrected chi connectivity index (χ1v) is 5.00. The minimum Gasteiger partial charge on any atom is -0.378 e. The number of rotatable bonds is 4. The molecule has 0 heterocycles. The molecule has 0 radical (unpaired) electrons. The summed E-state index contributed by atoms with van der Waals surface area (Å²) < 4.78 is 43.9. The van der Waals surface area contributed by atoms with Crippen LogP contribution in [0.4, 0.5) is 13.2 Å². The van der Waals surface area contributed by atoms with E-state index in [9.17, 15) is 18.0 Å². The Balaban J connectivity index is 3.02. The zero-order valence-electron chi connectivity index (χ0n) is 9.81. The lowest BCUT2D eigenvalue weighted by molar-refractivity contribution is 0.0170. The van der Waals surface area contributed by atoms with Gasteiger partial charge in [-0.3, -0.25) is 4.79 Å². The van der Waals surface area contributed by atoms with Crippen molar-refractivity contribution in [2.45, 2.75) is 25.9 Å². The molecule has 0 atom stereocenters. The summed E-state index contributed by atoms with van der Waals surface area (Å²) in [5.74, 6) is -5.04. The average molecular weight is 246 g/mol. The molecule has 0 spiro atoms. The van der Waals surface area contributed by atoms with Crippen molar-refractivity contribution in [2.24, 2.45) is 0 Å². The molecular weight excluding hydrogens is 233 g/mol. The molecule has 94 valence electrons. The van der Waals surface area contributed by atoms with Crippen molar-refractivity contribution in [3.05, 3.63) is 35.1 Å². The monoisotopic (exact) mass is 246 g/mol. The van der Waals surface area contributed by atoms with Gasteiger partial charge in [0.25, 0.3) is 0 Å². The maximum atomic E-state index is 13.3. The molecular formula is C12H13F3O2. The molecule has 2 nitrogen and oxygen atoms in total. The van der Waals surface area contributed by atoms with Crippen molar-refractivity contribution < 1.29 is 22.7 Å². The molecule has 0 saturated heterocycles. The fourth-order valence-electron chi connectivity index (χ4n) is 1.30. The Hall–Kier alpha value is -1.36. The van der Waals surface area contributed by atoms with Crippen molar-refractivity contribution in [1.29, 1.82) is 0 Å². The third-order valence-corrected chi connectivity index (χ3v) is 2.47. The van der Waals surface area contributed by atoms with Gasteiger partial charge in [-0.1, -0.05) is 0 Å². The standard InChI is InChI=1S/C12H13F3O2/c1-12(2,17-3)6-9(16)7-4-5-8(13)11(15)10(7)14/h4-5H,6H2,1-3H3. The van der Waals surface area contributed by atoms with E-state index in [0.29, 0.717) is 0 Å². The lowest BCUT2D eigenvalue weighted by atomic mass is 9.97. The van der Waals surface area contributed by atoms with E-state index in [0.717, 1.165) is 12.1 Å². The van der Waals surface area contributed by atoms with E-state index < -0.39 is 34.4 Å². The van der Waals surface area contributed by atoms with E-state index >= 15 is 0 Å². The van der Waals surface area contributed by atoms with Crippen molar-refractivity contribution in [3.63, 3.8) is 0 Å². The third kappa shape index (κ3) is 3.06. The molecule has 0 bridgehead atoms. The van der Waals surface area contributed by atoms with Crippen molar-refractivity contribution in [1.82, 2.24) is 0 Å². The molecule has 0 N–H and O–H groups in total. The first-order chi connectivity index (χ1) is 7.78. The summed E-state index contributed by atoms with van der Waals surface area (Å²) in [5, 5.41) is 0. The Morgan fingerprint density at radius 3 is 2.35 bits per heavy atom. The lowest BCUT2D eigenvalue weighted by Crippen LogP contribution is -2.27. The third-order valence-electron chi connectivity index (χ3n) is 2.47. The minimum atomic E-state index is -1.63. The first-order valence-electron chi connectivity index (χ1n) is 5.00. The maximum Gasteiger partial charge on any atom is 0.195 e. The second-order valence-electron chi connectivity index (χ2n) is 4.29. The number of ketones is 1. The van der Waals surface area contributed by atoms with Gasteiger partial charge < -0.3 is 4.74 Å². The highest BCUT2D eigenvalue weighted by molar-refractivity contribution is 5.96. The van der Waals surface area contributed by atoms with Crippen LogP contribution in [0.15, 0.2) is 12.1 Å². The smallest absolute Gasteiger partial charge is 0.195 e. The summed E-state index contributed by atoms with van der Waals surface area (Å²) in [6.07, 6.45) is -0.120. The fourth-order valence-corrected chi connectivity index (χ4v) is 1.30. The molecule has 0 saturated carbocycles. The Kier molecular flexibility index (Phi) is 3.93. The van der Waals surface area contributed by atoms with Gasteiger partial charge in [0.05, 0.1) is 11.2 Å². The van der Waals surface area contributed by atoms with Crippen LogP contribution in [0.5, 0.6) is 0 Å². The van der Waals surface area contributed by atoms with Crippen LogP contribution in [0.1, 0.15) is 30.6 Å². The normalized spacial score (nSPS) is 11.6. The Morgan fingerprint density at radius 1 is 1.24 bits per heavy atom. The molecule has 1 aromatic carbocycles. The van der Waals surface area contributed by atoms with E-state index in [1.165, 1.54) is 7.11 Å². The highest BCUT2D eigenvalue weighted by Crippen LogP contribution is 2.21. The van der Waals surface area contributed by atoms with Crippen LogP contribution in [0, 0.1) is 17.5 Å². The number of ether oxygens (including phenoxy) is 1. The van der Waals surface area contributed by atoms with Crippen LogP contribution in [0.2, 0.25) is 0 Å². The molecule has 0 amide bonds. The van der Waals surface area contributed by atoms with Gasteiger partial charge >= 0.3 is 0 Å². The van der Waals surface area contributed by atoms with E-state index in [4.69, 9.17) is 4.74 Å². The Bertz CT molecular complexity index is 442. The van der Waals surface area contributed by atoms with Crippen LogP contribution in [-0.4, -0.2) is 18.5 Å². The summed E-state index contributed by atoms with van der Waals surface area (Å²) >= 11 is 0. The number of carbonyl (C=O) groups excluding carboxylic acids is 1. The van der Waals surface area contributed by atoms with Gasteiger partial charge in [-0.15, -0.1) is 0 Å². The fraction of sp³-hybridized carbons (Fsp3) is 0.417. The number of methoxy groups -OCH3 is 1. The summed E-state index contributed by atoms with van der Waals surface area (Å²) in [7, 11) is 1.41. The van der Waals surface area contributed by atoms with E-state index in [1.54, 1.807) is 13.8 Å². The second kappa shape index (κ2) is 4.87. The van der Waals surface area contributed by atoms with Gasteiger partial charge in [-0.25, -0.2) is 13.2 Å². The van der Waals surface area contributed by atoms with Gasteiger partial charge in [-0.2, -0.15) is 0 Å². The van der Waals surface area contributed by atoms with Gasteiger partial charge in [0.2, 0.25) is 0 Å². The summed E-state index contributed by atoms with van der Waals surface area (Å²) in [5.41, 5.74) is -1.25. The molecule has 1 aromatic rings. The summed E-state index contributed by atoms with van der Waals surface area (Å²) in [6, 6.07) is 1.66. The number of hydrogen-bond donors (Lipinski definition) is 0. The van der Waals surface area contributed by atoms with Crippen LogP contribution in [0.3, 0.4) is 0 Å². The van der Waals surface area contributed by atoms with Crippen LogP contribution >= 0.6 is 0 Å². The largest absolute Gasteiger partial charge is 0.378 e. The topological polar surface area (TPSA) is 26.3 Å². The van der Waals surface area contributed by atoms with Crippen molar-refractivity contribution >= 4 is 5.78 Å². The number of carbonyl (C=O) groups is 1. The van der Waals surface area contributed by atoms with Gasteiger partial charge in [-0.05, 0) is 26.0 Å².